The Morgan fingerprint density at radius 1 is 1.50 bits per heavy atom. The van der Waals surface area contributed by atoms with Gasteiger partial charge in [0.25, 0.3) is 0 Å². The lowest BCUT2D eigenvalue weighted by Gasteiger charge is -2.09. The number of phenols is 2. The molecule has 0 atom stereocenters. The molecule has 2 aromatic rings. The lowest BCUT2D eigenvalue weighted by molar-refractivity contribution is -0.386. The topological polar surface area (TPSA) is 123 Å². The highest BCUT2D eigenvalue weighted by atomic mass is 32.1. The number of carbonyl (C=O) groups excluding carboxylic acids is 1. The first-order chi connectivity index (χ1) is 9.47. The summed E-state index contributed by atoms with van der Waals surface area (Å²) in [7, 11) is 1.06. The van der Waals surface area contributed by atoms with Crippen molar-refractivity contribution in [2.24, 2.45) is 0 Å². The van der Waals surface area contributed by atoms with Crippen molar-refractivity contribution in [2.75, 3.05) is 7.11 Å². The molecule has 0 saturated carbocycles. The Labute approximate surface area is 116 Å². The lowest BCUT2D eigenvalue weighted by Crippen LogP contribution is -2.08. The third-order valence-electron chi connectivity index (χ3n) is 2.49. The fourth-order valence-corrected chi connectivity index (χ4v) is 2.32. The first-order valence-corrected chi connectivity index (χ1v) is 6.06. The van der Waals surface area contributed by atoms with E-state index in [-0.39, 0.29) is 10.6 Å². The van der Waals surface area contributed by atoms with Gasteiger partial charge < -0.3 is 14.9 Å². The summed E-state index contributed by atoms with van der Waals surface area (Å²) in [5.41, 5.74) is -1.35. The Kier molecular flexibility index (Phi) is 3.53. The number of nitro groups is 1. The zero-order valence-electron chi connectivity index (χ0n) is 10.1. The van der Waals surface area contributed by atoms with Gasteiger partial charge in [-0.1, -0.05) is 0 Å². The molecule has 0 spiro atoms. The van der Waals surface area contributed by atoms with E-state index in [1.54, 1.807) is 5.38 Å². The van der Waals surface area contributed by atoms with Crippen LogP contribution in [0.3, 0.4) is 0 Å². The molecule has 0 aliphatic rings. The summed E-state index contributed by atoms with van der Waals surface area (Å²) in [6, 6.07) is 1.04. The van der Waals surface area contributed by atoms with Crippen molar-refractivity contribution in [3.63, 3.8) is 0 Å². The molecule has 0 saturated heterocycles. The maximum Gasteiger partial charge on any atom is 0.345 e. The van der Waals surface area contributed by atoms with E-state index in [0.717, 1.165) is 24.5 Å². The standard InChI is InChI=1S/C11H8N2O6S/c1-19-11(16)7-5(10-12-2-3-20-10)4-6(14)9(15)8(7)13(17)18/h2-4,14-15H,1H3. The normalized spacial score (nSPS) is 10.2. The smallest absolute Gasteiger partial charge is 0.345 e. The van der Waals surface area contributed by atoms with Gasteiger partial charge in [-0.3, -0.25) is 10.1 Å². The Bertz CT molecular complexity index is 683. The molecule has 0 unspecified atom stereocenters. The van der Waals surface area contributed by atoms with Crippen LogP contribution in [0.2, 0.25) is 0 Å². The minimum Gasteiger partial charge on any atom is -0.504 e. The van der Waals surface area contributed by atoms with Crippen molar-refractivity contribution < 1.29 is 24.7 Å². The summed E-state index contributed by atoms with van der Waals surface area (Å²) >= 11 is 1.12. The number of aromatic hydroxyl groups is 2. The minimum absolute atomic E-state index is 0.0221. The van der Waals surface area contributed by atoms with E-state index in [2.05, 4.69) is 9.72 Å². The number of nitro benzene ring substituents is 1. The van der Waals surface area contributed by atoms with Gasteiger partial charge in [-0.15, -0.1) is 11.3 Å². The Morgan fingerprint density at radius 3 is 2.70 bits per heavy atom. The van der Waals surface area contributed by atoms with Crippen molar-refractivity contribution in [1.82, 2.24) is 4.98 Å². The van der Waals surface area contributed by atoms with Gasteiger partial charge in [0.2, 0.25) is 5.75 Å². The molecule has 1 aromatic heterocycles. The molecule has 0 radical (unpaired) electrons. The van der Waals surface area contributed by atoms with Crippen LogP contribution in [0.25, 0.3) is 10.6 Å². The summed E-state index contributed by atoms with van der Waals surface area (Å²) in [5.74, 6) is -2.71. The molecular formula is C11H8N2O6S. The molecule has 9 heteroatoms. The van der Waals surface area contributed by atoms with Gasteiger partial charge in [0.1, 0.15) is 5.01 Å². The van der Waals surface area contributed by atoms with E-state index in [0.29, 0.717) is 0 Å². The zero-order valence-corrected chi connectivity index (χ0v) is 10.9. The summed E-state index contributed by atoms with van der Waals surface area (Å²) in [6.45, 7) is 0. The number of methoxy groups -OCH3 is 1. The predicted molar refractivity (Wildman–Crippen MR) is 68.9 cm³/mol. The maximum atomic E-state index is 11.8. The average Bonchev–Trinajstić information content (AvgIpc) is 2.93. The monoisotopic (exact) mass is 296 g/mol. The second kappa shape index (κ2) is 5.13. The molecule has 1 heterocycles. The summed E-state index contributed by atoms with van der Waals surface area (Å²) < 4.78 is 4.50. The van der Waals surface area contributed by atoms with Crippen LogP contribution in [0.1, 0.15) is 10.4 Å². The largest absolute Gasteiger partial charge is 0.504 e. The van der Waals surface area contributed by atoms with Crippen LogP contribution in [-0.2, 0) is 4.74 Å². The van der Waals surface area contributed by atoms with Gasteiger partial charge in [-0.2, -0.15) is 0 Å². The van der Waals surface area contributed by atoms with Crippen molar-refractivity contribution >= 4 is 23.0 Å². The molecule has 0 amide bonds. The Balaban J connectivity index is 2.87. The summed E-state index contributed by atoms with van der Waals surface area (Å²) in [5, 5.41) is 32.1. The number of rotatable bonds is 3. The Hall–Kier alpha value is -2.68. The first-order valence-electron chi connectivity index (χ1n) is 5.18. The van der Waals surface area contributed by atoms with Crippen LogP contribution in [-0.4, -0.2) is 33.2 Å². The second-order valence-corrected chi connectivity index (χ2v) is 4.50. The van der Waals surface area contributed by atoms with E-state index in [9.17, 15) is 25.1 Å². The van der Waals surface area contributed by atoms with E-state index >= 15 is 0 Å². The predicted octanol–water partition coefficient (Wildman–Crippen LogP) is 1.92. The van der Waals surface area contributed by atoms with Crippen molar-refractivity contribution in [3.8, 4) is 22.1 Å². The second-order valence-electron chi connectivity index (χ2n) is 3.60. The van der Waals surface area contributed by atoms with Gasteiger partial charge in [-0.05, 0) is 6.07 Å². The summed E-state index contributed by atoms with van der Waals surface area (Å²) in [4.78, 5) is 25.8. The molecule has 0 aliphatic carbocycles. The number of nitrogens with zero attached hydrogens (tertiary/aromatic N) is 2. The molecule has 1 aromatic carbocycles. The fraction of sp³-hybridized carbons (Fsp3) is 0.0909. The molecule has 2 rings (SSSR count). The van der Waals surface area contributed by atoms with E-state index in [4.69, 9.17) is 0 Å². The quantitative estimate of drug-likeness (QED) is 0.384. The first kappa shape index (κ1) is 13.7. The number of thiazole rings is 1. The molecule has 0 aliphatic heterocycles. The van der Waals surface area contributed by atoms with Crippen LogP contribution in [0.15, 0.2) is 17.6 Å². The molecule has 0 bridgehead atoms. The molecule has 2 N–H and O–H groups in total. The number of aromatic nitrogens is 1. The number of benzene rings is 1. The molecule has 0 fully saturated rings. The average molecular weight is 296 g/mol. The molecular weight excluding hydrogens is 288 g/mol. The number of hydrogen-bond donors (Lipinski definition) is 2. The third-order valence-corrected chi connectivity index (χ3v) is 3.30. The van der Waals surface area contributed by atoms with Gasteiger partial charge in [0.15, 0.2) is 11.3 Å². The number of hydrogen-bond acceptors (Lipinski definition) is 8. The zero-order chi connectivity index (χ0) is 14.9. The van der Waals surface area contributed by atoms with Crippen molar-refractivity contribution in [3.05, 3.63) is 33.3 Å². The minimum atomic E-state index is -1.00. The van der Waals surface area contributed by atoms with Crippen molar-refractivity contribution in [2.45, 2.75) is 0 Å². The number of phenolic OH excluding ortho intramolecular Hbond substituents is 2. The molecule has 104 valence electrons. The molecule has 20 heavy (non-hydrogen) atoms. The van der Waals surface area contributed by atoms with Crippen LogP contribution in [0, 0.1) is 10.1 Å². The van der Waals surface area contributed by atoms with Crippen molar-refractivity contribution in [1.29, 1.82) is 0 Å². The number of esters is 1. The lowest BCUT2D eigenvalue weighted by atomic mass is 10.0. The highest BCUT2D eigenvalue weighted by molar-refractivity contribution is 7.13. The Morgan fingerprint density at radius 2 is 2.20 bits per heavy atom. The van der Waals surface area contributed by atoms with Crippen LogP contribution < -0.4 is 0 Å². The molecule has 8 nitrogen and oxygen atoms in total. The van der Waals surface area contributed by atoms with E-state index in [1.807, 2.05) is 0 Å². The third kappa shape index (κ3) is 2.14. The van der Waals surface area contributed by atoms with Gasteiger partial charge >= 0.3 is 11.7 Å². The number of ether oxygens (including phenoxy) is 1. The van der Waals surface area contributed by atoms with Crippen LogP contribution >= 0.6 is 11.3 Å². The van der Waals surface area contributed by atoms with Gasteiger partial charge in [0.05, 0.1) is 12.0 Å². The highest BCUT2D eigenvalue weighted by Crippen LogP contribution is 2.44. The fourth-order valence-electron chi connectivity index (χ4n) is 1.66. The van der Waals surface area contributed by atoms with Crippen LogP contribution in [0.5, 0.6) is 11.5 Å². The van der Waals surface area contributed by atoms with Gasteiger partial charge in [-0.25, -0.2) is 9.78 Å². The number of carbonyl (C=O) groups is 1. The van der Waals surface area contributed by atoms with E-state index in [1.165, 1.54) is 6.20 Å². The summed E-state index contributed by atoms with van der Waals surface area (Å²) in [6.07, 6.45) is 1.44. The SMILES string of the molecule is COC(=O)c1c(-c2nccs2)cc(O)c(O)c1[N+](=O)[O-]. The van der Waals surface area contributed by atoms with Gasteiger partial charge in [0, 0.05) is 17.1 Å². The highest BCUT2D eigenvalue weighted by Gasteiger charge is 2.33. The maximum absolute atomic E-state index is 11.8. The van der Waals surface area contributed by atoms with E-state index < -0.39 is 33.6 Å². The van der Waals surface area contributed by atoms with Crippen LogP contribution in [0.4, 0.5) is 5.69 Å².